The lowest BCUT2D eigenvalue weighted by Gasteiger charge is -2.31. The van der Waals surface area contributed by atoms with Gasteiger partial charge in [-0.3, -0.25) is 4.90 Å². The second-order valence-electron chi connectivity index (χ2n) is 9.46. The molecule has 1 aliphatic carbocycles. The molecule has 0 radical (unpaired) electrons. The van der Waals surface area contributed by atoms with Gasteiger partial charge in [-0.25, -0.2) is 0 Å². The summed E-state index contributed by atoms with van der Waals surface area (Å²) in [5, 5.41) is 10.3. The summed E-state index contributed by atoms with van der Waals surface area (Å²) in [4.78, 5) is 2.37. The van der Waals surface area contributed by atoms with Crippen LogP contribution < -0.4 is 18.9 Å². The lowest BCUT2D eigenvalue weighted by atomic mass is 9.70. The molecule has 1 unspecified atom stereocenters. The van der Waals surface area contributed by atoms with Crippen LogP contribution in [0.4, 0.5) is 0 Å². The summed E-state index contributed by atoms with van der Waals surface area (Å²) in [6, 6.07) is 13.0. The molecule has 0 amide bonds. The molecule has 188 valence electrons. The SMILES string of the molecule is COc1ccc(C(C#N)(C/C=C/CN(C)C2Cc3cc(OC)c(OC)cc3C2)C(C)C)cc1OC. The number of nitriles is 1. The highest BCUT2D eigenvalue weighted by molar-refractivity contribution is 5.50. The second kappa shape index (κ2) is 11.5. The minimum atomic E-state index is -0.647. The first-order chi connectivity index (χ1) is 16.8. The summed E-state index contributed by atoms with van der Waals surface area (Å²) in [5.41, 5.74) is 2.94. The van der Waals surface area contributed by atoms with E-state index < -0.39 is 5.41 Å². The van der Waals surface area contributed by atoms with E-state index in [1.54, 1.807) is 28.4 Å². The molecular formula is C29H38N2O4. The highest BCUT2D eigenvalue weighted by Crippen LogP contribution is 2.40. The predicted octanol–water partition coefficient (Wildman–Crippen LogP) is 5.18. The van der Waals surface area contributed by atoms with Crippen molar-refractivity contribution in [3.8, 4) is 29.1 Å². The van der Waals surface area contributed by atoms with Crippen LogP contribution in [0.5, 0.6) is 23.0 Å². The van der Waals surface area contributed by atoms with Crippen LogP contribution in [0.3, 0.4) is 0 Å². The van der Waals surface area contributed by atoms with Gasteiger partial charge < -0.3 is 18.9 Å². The monoisotopic (exact) mass is 478 g/mol. The molecule has 0 N–H and O–H groups in total. The Kier molecular flexibility index (Phi) is 8.69. The number of ether oxygens (including phenoxy) is 4. The summed E-state index contributed by atoms with van der Waals surface area (Å²) in [7, 11) is 8.74. The van der Waals surface area contributed by atoms with Crippen LogP contribution in [0, 0.1) is 17.2 Å². The Morgan fingerprint density at radius 3 is 1.94 bits per heavy atom. The van der Waals surface area contributed by atoms with E-state index in [0.29, 0.717) is 24.0 Å². The maximum absolute atomic E-state index is 10.3. The van der Waals surface area contributed by atoms with Gasteiger partial charge in [-0.15, -0.1) is 0 Å². The van der Waals surface area contributed by atoms with Crippen molar-refractivity contribution in [3.05, 3.63) is 59.2 Å². The van der Waals surface area contributed by atoms with E-state index in [9.17, 15) is 5.26 Å². The smallest absolute Gasteiger partial charge is 0.161 e. The third-order valence-corrected chi connectivity index (χ3v) is 7.32. The zero-order chi connectivity index (χ0) is 25.6. The first-order valence-corrected chi connectivity index (χ1v) is 12.1. The molecule has 6 nitrogen and oxygen atoms in total. The van der Waals surface area contributed by atoms with Crippen molar-refractivity contribution < 1.29 is 18.9 Å². The molecule has 0 heterocycles. The van der Waals surface area contributed by atoms with Gasteiger partial charge >= 0.3 is 0 Å². The number of allylic oxidation sites excluding steroid dienone is 1. The van der Waals surface area contributed by atoms with Crippen LogP contribution in [0.1, 0.15) is 37.0 Å². The molecule has 0 saturated carbocycles. The molecule has 2 aromatic carbocycles. The number of rotatable bonds is 11. The Morgan fingerprint density at radius 1 is 0.914 bits per heavy atom. The molecule has 3 rings (SSSR count). The summed E-state index contributed by atoms with van der Waals surface area (Å²) in [6.45, 7) is 5.01. The lowest BCUT2D eigenvalue weighted by Crippen LogP contribution is -2.32. The molecule has 6 heteroatoms. The average molecular weight is 479 g/mol. The molecule has 0 spiro atoms. The summed E-state index contributed by atoms with van der Waals surface area (Å²) in [6.07, 6.45) is 6.92. The highest BCUT2D eigenvalue weighted by atomic mass is 16.5. The van der Waals surface area contributed by atoms with Gasteiger partial charge in [0.15, 0.2) is 23.0 Å². The number of benzene rings is 2. The zero-order valence-electron chi connectivity index (χ0n) is 22.1. The molecule has 2 aromatic rings. The van der Waals surface area contributed by atoms with E-state index in [1.165, 1.54) is 11.1 Å². The number of nitrogens with zero attached hydrogens (tertiary/aromatic N) is 2. The minimum absolute atomic E-state index is 0.127. The summed E-state index contributed by atoms with van der Waals surface area (Å²) < 4.78 is 21.8. The number of methoxy groups -OCH3 is 4. The first-order valence-electron chi connectivity index (χ1n) is 12.1. The molecule has 1 aliphatic rings. The molecule has 1 atom stereocenters. The van der Waals surface area contributed by atoms with Gasteiger partial charge in [0.25, 0.3) is 0 Å². The van der Waals surface area contributed by atoms with Gasteiger partial charge in [0.1, 0.15) is 0 Å². The Hall–Kier alpha value is -3.17. The Bertz CT molecular complexity index is 1060. The summed E-state index contributed by atoms with van der Waals surface area (Å²) >= 11 is 0. The molecular weight excluding hydrogens is 440 g/mol. The number of fused-ring (bicyclic) bond motifs is 1. The van der Waals surface area contributed by atoms with E-state index in [2.05, 4.69) is 56.1 Å². The van der Waals surface area contributed by atoms with Crippen LogP contribution in [-0.4, -0.2) is 53.0 Å². The van der Waals surface area contributed by atoms with Gasteiger partial charge in [0, 0.05) is 12.6 Å². The van der Waals surface area contributed by atoms with Crippen LogP contribution in [0.15, 0.2) is 42.5 Å². The van der Waals surface area contributed by atoms with Gasteiger partial charge in [0.2, 0.25) is 0 Å². The van der Waals surface area contributed by atoms with Gasteiger partial charge in [0.05, 0.1) is 39.9 Å². The Morgan fingerprint density at radius 2 is 1.46 bits per heavy atom. The minimum Gasteiger partial charge on any atom is -0.493 e. The van der Waals surface area contributed by atoms with Crippen molar-refractivity contribution >= 4 is 0 Å². The van der Waals surface area contributed by atoms with E-state index in [4.69, 9.17) is 18.9 Å². The average Bonchev–Trinajstić information content (AvgIpc) is 3.30. The Labute approximate surface area is 210 Å². The van der Waals surface area contributed by atoms with Gasteiger partial charge in [-0.1, -0.05) is 32.1 Å². The molecule has 0 saturated heterocycles. The molecule has 0 fully saturated rings. The van der Waals surface area contributed by atoms with Crippen LogP contribution in [0.2, 0.25) is 0 Å². The van der Waals surface area contributed by atoms with Gasteiger partial charge in [-0.05, 0) is 73.2 Å². The fourth-order valence-electron chi connectivity index (χ4n) is 4.93. The molecule has 0 aromatic heterocycles. The van der Waals surface area contributed by atoms with E-state index in [0.717, 1.165) is 36.4 Å². The van der Waals surface area contributed by atoms with Crippen LogP contribution >= 0.6 is 0 Å². The van der Waals surface area contributed by atoms with Crippen LogP contribution in [0.25, 0.3) is 0 Å². The molecule has 0 bridgehead atoms. The highest BCUT2D eigenvalue weighted by Gasteiger charge is 2.35. The quantitative estimate of drug-likeness (QED) is 0.415. The summed E-state index contributed by atoms with van der Waals surface area (Å²) in [5.74, 6) is 3.00. The van der Waals surface area contributed by atoms with Crippen molar-refractivity contribution in [1.29, 1.82) is 5.26 Å². The molecule has 35 heavy (non-hydrogen) atoms. The van der Waals surface area contributed by atoms with Crippen molar-refractivity contribution in [2.45, 2.75) is 44.6 Å². The second-order valence-corrected chi connectivity index (χ2v) is 9.46. The third kappa shape index (κ3) is 5.41. The fourth-order valence-corrected chi connectivity index (χ4v) is 4.93. The normalized spacial score (nSPS) is 15.2. The number of likely N-dealkylation sites (N-methyl/N-ethyl adjacent to an activating group) is 1. The zero-order valence-corrected chi connectivity index (χ0v) is 22.1. The molecule has 0 aliphatic heterocycles. The van der Waals surface area contributed by atoms with E-state index in [-0.39, 0.29) is 5.92 Å². The van der Waals surface area contributed by atoms with Gasteiger partial charge in [-0.2, -0.15) is 5.26 Å². The Balaban J connectivity index is 1.69. The van der Waals surface area contributed by atoms with Crippen LogP contribution in [-0.2, 0) is 18.3 Å². The number of hydrogen-bond acceptors (Lipinski definition) is 6. The fraction of sp³-hybridized carbons (Fsp3) is 0.483. The van der Waals surface area contributed by atoms with Crippen molar-refractivity contribution in [3.63, 3.8) is 0 Å². The largest absolute Gasteiger partial charge is 0.493 e. The maximum atomic E-state index is 10.3. The van der Waals surface area contributed by atoms with Crippen molar-refractivity contribution in [2.24, 2.45) is 5.92 Å². The van der Waals surface area contributed by atoms with E-state index >= 15 is 0 Å². The number of hydrogen-bond donors (Lipinski definition) is 0. The van der Waals surface area contributed by atoms with E-state index in [1.807, 2.05) is 18.2 Å². The maximum Gasteiger partial charge on any atom is 0.161 e. The van der Waals surface area contributed by atoms with Crippen molar-refractivity contribution in [2.75, 3.05) is 42.0 Å². The predicted molar refractivity (Wildman–Crippen MR) is 139 cm³/mol. The lowest BCUT2D eigenvalue weighted by molar-refractivity contribution is 0.274. The standard InChI is InChI=1S/C29H38N2O4/c1-20(2)29(19-30,23-10-11-25(32-4)28(18-23)35-7)12-8-9-13-31(3)24-14-21-16-26(33-5)27(34-6)17-22(21)15-24/h8-11,16-18,20,24H,12-15H2,1-7H3/b9-8+. The topological polar surface area (TPSA) is 64.0 Å². The third-order valence-electron chi connectivity index (χ3n) is 7.32. The van der Waals surface area contributed by atoms with Crippen molar-refractivity contribution in [1.82, 2.24) is 4.90 Å². The first kappa shape index (κ1) is 26.4.